The molecular formula is C12H10IInSe2. The molecule has 0 fully saturated rings. The Labute approximate surface area is 138 Å². The zero-order chi connectivity index (χ0) is 12.2. The van der Waals surface area contributed by atoms with Crippen LogP contribution in [0.5, 0.6) is 0 Å². The molecule has 0 bridgehead atoms. The normalized spacial score (nSPS) is 7.81. The van der Waals surface area contributed by atoms with Crippen LogP contribution in [0.1, 0.15) is 0 Å². The van der Waals surface area contributed by atoms with E-state index in [1.54, 1.807) is 0 Å². The van der Waals surface area contributed by atoms with E-state index in [2.05, 4.69) is 50.2 Å². The van der Waals surface area contributed by atoms with Gasteiger partial charge in [0.15, 0.2) is 0 Å². The molecule has 0 aliphatic rings. The van der Waals surface area contributed by atoms with Crippen LogP contribution in [0, 0.1) is 0 Å². The summed E-state index contributed by atoms with van der Waals surface area (Å²) in [5, 5.41) is 0. The third-order valence-electron chi connectivity index (χ3n) is 1.49. The van der Waals surface area contributed by atoms with Gasteiger partial charge in [-0.05, 0) is 0 Å². The molecule has 0 heterocycles. The Balaban J connectivity index is 0.000000244. The average Bonchev–Trinajstić information content (AvgIpc) is 2.34. The molecule has 0 nitrogen and oxygen atoms in total. The third kappa shape index (κ3) is 10.2. The monoisotopic (exact) mass is 556 g/mol. The minimum atomic E-state index is 1.20. The molecule has 0 N–H and O–H groups in total. The maximum atomic E-state index is 2.90. The van der Waals surface area contributed by atoms with Gasteiger partial charge in [-0.15, -0.1) is 0 Å². The summed E-state index contributed by atoms with van der Waals surface area (Å²) >= 11 is 9.40. The fourth-order valence-electron chi connectivity index (χ4n) is 0.841. The van der Waals surface area contributed by atoms with E-state index in [-0.39, 0.29) is 0 Å². The Morgan fingerprint density at radius 2 is 0.875 bits per heavy atom. The topological polar surface area (TPSA) is 0 Å². The number of hydrogen-bond acceptors (Lipinski definition) is 0. The van der Waals surface area contributed by atoms with Gasteiger partial charge in [-0.25, -0.2) is 0 Å². The first-order valence-corrected chi connectivity index (χ1v) is 15.8. The van der Waals surface area contributed by atoms with E-state index >= 15 is 0 Å². The average molecular weight is 554 g/mol. The van der Waals surface area contributed by atoms with Gasteiger partial charge in [0.25, 0.3) is 0 Å². The van der Waals surface area contributed by atoms with Gasteiger partial charge in [-0.3, -0.25) is 0 Å². The van der Waals surface area contributed by atoms with Gasteiger partial charge in [0, 0.05) is 0 Å². The quantitative estimate of drug-likeness (QED) is 0.343. The Bertz CT molecular complexity index is 316. The Kier molecular flexibility index (Phi) is 13.4. The first-order valence-electron chi connectivity index (χ1n) is 4.45. The molecule has 0 atom stereocenters. The van der Waals surface area contributed by atoms with Gasteiger partial charge in [-0.1, -0.05) is 0 Å². The van der Waals surface area contributed by atoms with E-state index in [9.17, 15) is 0 Å². The number of rotatable bonds is 0. The van der Waals surface area contributed by atoms with Crippen molar-refractivity contribution in [3.05, 3.63) is 60.7 Å². The Morgan fingerprint density at radius 3 is 1.00 bits per heavy atom. The second-order valence-electron chi connectivity index (χ2n) is 2.63. The van der Waals surface area contributed by atoms with Gasteiger partial charge in [0.05, 0.1) is 0 Å². The molecule has 0 saturated heterocycles. The van der Waals surface area contributed by atoms with Crippen LogP contribution in [-0.2, 0) is 0 Å². The van der Waals surface area contributed by atoms with Crippen LogP contribution in [0.4, 0.5) is 0 Å². The van der Waals surface area contributed by atoms with Crippen LogP contribution < -0.4 is 8.92 Å². The van der Waals surface area contributed by atoms with Crippen molar-refractivity contribution in [3.63, 3.8) is 0 Å². The molecule has 80 valence electrons. The number of halogens is 1. The molecule has 2 aromatic carbocycles. The molecule has 0 aromatic heterocycles. The molecule has 0 unspecified atom stereocenters. The summed E-state index contributed by atoms with van der Waals surface area (Å²) in [6, 6.07) is 20.1. The standard InChI is InChI=1S/2C6H5Se.HI.In/c2*7-6-4-2-1-3-5-6;;/h2*1-5H;1H;/q;;;+1/p-1. The minimum absolute atomic E-state index is 1.20. The second kappa shape index (κ2) is 12.5. The SMILES string of the molecule is [In][I].[Se]c1ccccc1.[Se]c1ccccc1. The summed E-state index contributed by atoms with van der Waals surface area (Å²) in [6.07, 6.45) is 0. The predicted molar refractivity (Wildman–Crippen MR) is 83.4 cm³/mol. The molecule has 4 radical (unpaired) electrons. The van der Waals surface area contributed by atoms with Gasteiger partial charge < -0.3 is 0 Å². The summed E-state index contributed by atoms with van der Waals surface area (Å²) in [6.45, 7) is 0. The molecule has 0 spiro atoms. The first-order chi connectivity index (χ1) is 7.79. The van der Waals surface area contributed by atoms with Crippen LogP contribution in [0.25, 0.3) is 0 Å². The van der Waals surface area contributed by atoms with Gasteiger partial charge in [-0.2, -0.15) is 0 Å². The molecule has 2 aromatic rings. The van der Waals surface area contributed by atoms with Crippen molar-refractivity contribution in [2.24, 2.45) is 0 Å². The van der Waals surface area contributed by atoms with Crippen LogP contribution in [0.2, 0.25) is 0 Å². The Morgan fingerprint density at radius 1 is 0.625 bits per heavy atom. The van der Waals surface area contributed by atoms with E-state index in [0.29, 0.717) is 0 Å². The van der Waals surface area contributed by atoms with Gasteiger partial charge >= 0.3 is 140 Å². The molecule has 4 heteroatoms. The van der Waals surface area contributed by atoms with Crippen LogP contribution in [-0.4, -0.2) is 52.2 Å². The molecule has 0 aliphatic heterocycles. The van der Waals surface area contributed by atoms with Crippen molar-refractivity contribution in [3.8, 4) is 0 Å². The van der Waals surface area contributed by atoms with E-state index in [1.807, 2.05) is 60.7 Å². The fraction of sp³-hybridized carbons (Fsp3) is 0. The fourth-order valence-corrected chi connectivity index (χ4v) is 1.50. The number of benzene rings is 2. The van der Waals surface area contributed by atoms with Crippen molar-refractivity contribution in [1.82, 2.24) is 0 Å². The summed E-state index contributed by atoms with van der Waals surface area (Å²) < 4.78 is 2.39. The summed E-state index contributed by atoms with van der Waals surface area (Å²) in [7, 11) is 0. The van der Waals surface area contributed by atoms with Crippen LogP contribution in [0.15, 0.2) is 60.7 Å². The zero-order valence-corrected chi connectivity index (χ0v) is 17.4. The van der Waals surface area contributed by atoms with Gasteiger partial charge in [0.2, 0.25) is 0 Å². The van der Waals surface area contributed by atoms with Gasteiger partial charge in [0.1, 0.15) is 0 Å². The van der Waals surface area contributed by atoms with Crippen LogP contribution >= 0.6 is 18.1 Å². The van der Waals surface area contributed by atoms with Crippen molar-refractivity contribution in [2.45, 2.75) is 0 Å². The number of hydrogen-bond donors (Lipinski definition) is 0. The van der Waals surface area contributed by atoms with E-state index in [4.69, 9.17) is 0 Å². The van der Waals surface area contributed by atoms with Crippen molar-refractivity contribution < 1.29 is 0 Å². The van der Waals surface area contributed by atoms with E-state index in [1.165, 1.54) is 29.1 Å². The van der Waals surface area contributed by atoms with Crippen molar-refractivity contribution >= 4 is 79.3 Å². The molecule has 0 aliphatic carbocycles. The van der Waals surface area contributed by atoms with Crippen LogP contribution in [0.3, 0.4) is 0 Å². The molecule has 0 saturated carbocycles. The Hall–Kier alpha value is 1.08. The van der Waals surface area contributed by atoms with E-state index in [0.717, 1.165) is 0 Å². The molecule has 2 rings (SSSR count). The predicted octanol–water partition coefficient (Wildman–Crippen LogP) is 1.47. The maximum absolute atomic E-state index is 2.90. The summed E-state index contributed by atoms with van der Waals surface area (Å²) in [4.78, 5) is 0. The third-order valence-corrected chi connectivity index (χ3v) is 2.63. The molecular weight excluding hydrogens is 544 g/mol. The van der Waals surface area contributed by atoms with Crippen molar-refractivity contribution in [1.29, 1.82) is 0 Å². The molecule has 16 heavy (non-hydrogen) atoms. The zero-order valence-electron chi connectivity index (χ0n) is 8.55. The first kappa shape index (κ1) is 17.1. The van der Waals surface area contributed by atoms with Crippen molar-refractivity contribution in [2.75, 3.05) is 0 Å². The summed E-state index contributed by atoms with van der Waals surface area (Å²) in [5.74, 6) is 0. The second-order valence-corrected chi connectivity index (χ2v) is 4.60. The molecule has 0 amide bonds. The summed E-state index contributed by atoms with van der Waals surface area (Å²) in [5.41, 5.74) is 0. The van der Waals surface area contributed by atoms with E-state index < -0.39 is 0 Å².